The van der Waals surface area contributed by atoms with Crippen LogP contribution < -0.4 is 4.74 Å². The van der Waals surface area contributed by atoms with Gasteiger partial charge in [-0.15, -0.1) is 0 Å². The largest absolute Gasteiger partial charge is 0.472 e. The summed E-state index contributed by atoms with van der Waals surface area (Å²) in [7, 11) is 1.85. The molecule has 5 nitrogen and oxygen atoms in total. The molecule has 1 aliphatic rings. The van der Waals surface area contributed by atoms with Gasteiger partial charge in [0.1, 0.15) is 5.60 Å². The summed E-state index contributed by atoms with van der Waals surface area (Å²) in [6, 6.07) is 3.76. The van der Waals surface area contributed by atoms with Crippen molar-refractivity contribution in [1.82, 2.24) is 9.88 Å². The average molecular weight is 320 g/mol. The van der Waals surface area contributed by atoms with Crippen molar-refractivity contribution in [2.24, 2.45) is 5.92 Å². The number of pyridine rings is 1. The van der Waals surface area contributed by atoms with Crippen LogP contribution in [-0.2, 0) is 0 Å². The Balaban J connectivity index is 1.97. The molecular weight excluding hydrogens is 292 g/mol. The molecule has 0 spiro atoms. The minimum absolute atomic E-state index is 0.00717. The van der Waals surface area contributed by atoms with Crippen LogP contribution in [0.15, 0.2) is 18.3 Å². The molecule has 0 radical (unpaired) electrons. The standard InChI is InChI=1S/C18H28N2O3/c1-18(2,3)23-16-10-7-14(11-19-16)17(22)20(4)15-8-5-13(12-21)6-9-15/h7,10-11,13,15,21H,5-6,8-9,12H2,1-4H3. The molecule has 0 bridgehead atoms. The zero-order valence-electron chi connectivity index (χ0n) is 14.6. The number of ether oxygens (including phenoxy) is 1. The predicted octanol–water partition coefficient (Wildman–Crippen LogP) is 2.88. The van der Waals surface area contributed by atoms with E-state index in [2.05, 4.69) is 4.98 Å². The number of aromatic nitrogens is 1. The van der Waals surface area contributed by atoms with Crippen molar-refractivity contribution in [3.05, 3.63) is 23.9 Å². The molecule has 5 heteroatoms. The second-order valence-corrected chi connectivity index (χ2v) is 7.37. The van der Waals surface area contributed by atoms with E-state index in [9.17, 15) is 9.90 Å². The fourth-order valence-corrected chi connectivity index (χ4v) is 2.97. The number of aliphatic hydroxyl groups excluding tert-OH is 1. The van der Waals surface area contributed by atoms with E-state index >= 15 is 0 Å². The highest BCUT2D eigenvalue weighted by Gasteiger charge is 2.27. The Labute approximate surface area is 138 Å². The maximum Gasteiger partial charge on any atom is 0.255 e. The van der Waals surface area contributed by atoms with Gasteiger partial charge in [-0.2, -0.15) is 0 Å². The van der Waals surface area contributed by atoms with Gasteiger partial charge < -0.3 is 14.7 Å². The number of hydrogen-bond donors (Lipinski definition) is 1. The molecule has 23 heavy (non-hydrogen) atoms. The minimum atomic E-state index is -0.305. The highest BCUT2D eigenvalue weighted by atomic mass is 16.5. The lowest BCUT2D eigenvalue weighted by Gasteiger charge is -2.34. The molecule has 1 N–H and O–H groups in total. The molecule has 1 aromatic heterocycles. The molecule has 0 saturated heterocycles. The van der Waals surface area contributed by atoms with Crippen LogP contribution in [0.5, 0.6) is 5.88 Å². The first-order chi connectivity index (χ1) is 10.8. The third kappa shape index (κ3) is 4.93. The van der Waals surface area contributed by atoms with E-state index in [1.54, 1.807) is 18.3 Å². The molecule has 0 unspecified atom stereocenters. The lowest BCUT2D eigenvalue weighted by atomic mass is 9.86. The Kier molecular flexibility index (Phi) is 5.63. The Morgan fingerprint density at radius 2 is 1.96 bits per heavy atom. The zero-order valence-corrected chi connectivity index (χ0v) is 14.6. The fraction of sp³-hybridized carbons (Fsp3) is 0.667. The molecule has 1 aromatic rings. The van der Waals surface area contributed by atoms with Crippen molar-refractivity contribution in [1.29, 1.82) is 0 Å². The third-order valence-corrected chi connectivity index (χ3v) is 4.34. The van der Waals surface area contributed by atoms with E-state index in [4.69, 9.17) is 4.74 Å². The summed E-state index contributed by atoms with van der Waals surface area (Å²) in [6.45, 7) is 6.14. The Morgan fingerprint density at radius 1 is 1.30 bits per heavy atom. The number of rotatable bonds is 4. The van der Waals surface area contributed by atoms with E-state index in [1.165, 1.54) is 0 Å². The van der Waals surface area contributed by atoms with Crippen LogP contribution in [0.2, 0.25) is 0 Å². The van der Waals surface area contributed by atoms with Crippen LogP contribution in [0, 0.1) is 5.92 Å². The maximum atomic E-state index is 12.6. The molecule has 1 fully saturated rings. The summed E-state index contributed by atoms with van der Waals surface area (Å²) in [5.74, 6) is 0.915. The maximum absolute atomic E-state index is 12.6. The summed E-state index contributed by atoms with van der Waals surface area (Å²) < 4.78 is 5.68. The summed E-state index contributed by atoms with van der Waals surface area (Å²) in [5.41, 5.74) is 0.277. The second kappa shape index (κ2) is 7.30. The van der Waals surface area contributed by atoms with Crippen LogP contribution in [0.4, 0.5) is 0 Å². The van der Waals surface area contributed by atoms with Crippen LogP contribution in [0.25, 0.3) is 0 Å². The van der Waals surface area contributed by atoms with Gasteiger partial charge in [-0.05, 0) is 58.4 Å². The van der Waals surface area contributed by atoms with Gasteiger partial charge in [0.25, 0.3) is 5.91 Å². The average Bonchev–Trinajstić information content (AvgIpc) is 2.53. The number of carbonyl (C=O) groups is 1. The van der Waals surface area contributed by atoms with Crippen molar-refractivity contribution < 1.29 is 14.6 Å². The van der Waals surface area contributed by atoms with E-state index in [1.807, 2.05) is 32.7 Å². The summed E-state index contributed by atoms with van der Waals surface area (Å²) in [6.07, 6.45) is 5.45. The minimum Gasteiger partial charge on any atom is -0.472 e. The summed E-state index contributed by atoms with van der Waals surface area (Å²) >= 11 is 0. The summed E-state index contributed by atoms with van der Waals surface area (Å²) in [4.78, 5) is 18.6. The van der Waals surface area contributed by atoms with Crippen molar-refractivity contribution in [2.75, 3.05) is 13.7 Å². The second-order valence-electron chi connectivity index (χ2n) is 7.37. The highest BCUT2D eigenvalue weighted by Crippen LogP contribution is 2.27. The Bertz CT molecular complexity index is 514. The highest BCUT2D eigenvalue weighted by molar-refractivity contribution is 5.94. The molecule has 128 valence electrons. The first kappa shape index (κ1) is 17.7. The van der Waals surface area contributed by atoms with E-state index in [-0.39, 0.29) is 24.2 Å². The van der Waals surface area contributed by atoms with E-state index in [0.717, 1.165) is 25.7 Å². The number of amides is 1. The number of aliphatic hydroxyl groups is 1. The number of hydrogen-bond acceptors (Lipinski definition) is 4. The molecular formula is C18H28N2O3. The van der Waals surface area contributed by atoms with Crippen LogP contribution in [0.1, 0.15) is 56.8 Å². The Hall–Kier alpha value is -1.62. The van der Waals surface area contributed by atoms with Gasteiger partial charge in [0.05, 0.1) is 5.56 Å². The molecule has 1 amide bonds. The van der Waals surface area contributed by atoms with E-state index < -0.39 is 0 Å². The predicted molar refractivity (Wildman–Crippen MR) is 89.5 cm³/mol. The molecule has 0 aromatic carbocycles. The third-order valence-electron chi connectivity index (χ3n) is 4.34. The zero-order chi connectivity index (χ0) is 17.0. The molecule has 0 atom stereocenters. The lowest BCUT2D eigenvalue weighted by molar-refractivity contribution is 0.0652. The number of carbonyl (C=O) groups excluding carboxylic acids is 1. The van der Waals surface area contributed by atoms with Crippen LogP contribution >= 0.6 is 0 Å². The van der Waals surface area contributed by atoms with Crippen molar-refractivity contribution >= 4 is 5.91 Å². The molecule has 2 rings (SSSR count). The van der Waals surface area contributed by atoms with Gasteiger partial charge in [-0.3, -0.25) is 4.79 Å². The van der Waals surface area contributed by atoms with Gasteiger partial charge in [0.2, 0.25) is 5.88 Å². The van der Waals surface area contributed by atoms with Gasteiger partial charge in [0, 0.05) is 32.0 Å². The number of nitrogens with zero attached hydrogens (tertiary/aromatic N) is 2. The van der Waals surface area contributed by atoms with Crippen LogP contribution in [0.3, 0.4) is 0 Å². The molecule has 1 saturated carbocycles. The van der Waals surface area contributed by atoms with E-state index in [0.29, 0.717) is 17.4 Å². The van der Waals surface area contributed by atoms with Crippen molar-refractivity contribution in [3.8, 4) is 5.88 Å². The smallest absolute Gasteiger partial charge is 0.255 e. The molecule has 1 aliphatic carbocycles. The quantitative estimate of drug-likeness (QED) is 0.926. The SMILES string of the molecule is CN(C(=O)c1ccc(OC(C)(C)C)nc1)C1CCC(CO)CC1. The van der Waals surface area contributed by atoms with Gasteiger partial charge in [-0.25, -0.2) is 4.98 Å². The first-order valence-corrected chi connectivity index (χ1v) is 8.33. The van der Waals surface area contributed by atoms with Crippen molar-refractivity contribution in [3.63, 3.8) is 0 Å². The molecule has 0 aliphatic heterocycles. The fourth-order valence-electron chi connectivity index (χ4n) is 2.97. The van der Waals surface area contributed by atoms with Gasteiger partial charge >= 0.3 is 0 Å². The Morgan fingerprint density at radius 3 is 2.43 bits per heavy atom. The lowest BCUT2D eigenvalue weighted by Crippen LogP contribution is -2.39. The van der Waals surface area contributed by atoms with Gasteiger partial charge in [-0.1, -0.05) is 0 Å². The monoisotopic (exact) mass is 320 g/mol. The summed E-state index contributed by atoms with van der Waals surface area (Å²) in [5, 5.41) is 9.21. The molecule has 1 heterocycles. The van der Waals surface area contributed by atoms with Crippen molar-refractivity contribution in [2.45, 2.75) is 58.1 Å². The van der Waals surface area contributed by atoms with Crippen LogP contribution in [-0.4, -0.2) is 46.2 Å². The first-order valence-electron chi connectivity index (χ1n) is 8.33. The normalized spacial score (nSPS) is 21.8. The van der Waals surface area contributed by atoms with Gasteiger partial charge in [0.15, 0.2) is 0 Å². The topological polar surface area (TPSA) is 62.7 Å².